The van der Waals surface area contributed by atoms with Crippen molar-refractivity contribution in [3.05, 3.63) is 71.8 Å². The van der Waals surface area contributed by atoms with E-state index in [-0.39, 0.29) is 13.0 Å². The molecular formula is C21H23F3O4. The first kappa shape index (κ1) is 20.8. The van der Waals surface area contributed by atoms with Gasteiger partial charge in [-0.3, -0.25) is 0 Å². The first-order chi connectivity index (χ1) is 13.3. The molecule has 0 bridgehead atoms. The molecule has 1 heterocycles. The highest BCUT2D eigenvalue weighted by atomic mass is 19.4. The zero-order valence-electron chi connectivity index (χ0n) is 15.4. The summed E-state index contributed by atoms with van der Waals surface area (Å²) in [5.74, 6) is 0. The van der Waals surface area contributed by atoms with E-state index >= 15 is 0 Å². The Hall–Kier alpha value is -1.93. The Labute approximate surface area is 161 Å². The number of benzene rings is 2. The smallest absolute Gasteiger partial charge is 0.387 e. The van der Waals surface area contributed by atoms with Gasteiger partial charge in [-0.15, -0.1) is 0 Å². The summed E-state index contributed by atoms with van der Waals surface area (Å²) in [6, 6.07) is 18.2. The summed E-state index contributed by atoms with van der Waals surface area (Å²) in [4.78, 5) is 0. The zero-order valence-corrected chi connectivity index (χ0v) is 15.4. The van der Waals surface area contributed by atoms with E-state index in [1.807, 2.05) is 60.7 Å². The summed E-state index contributed by atoms with van der Waals surface area (Å²) in [5, 5.41) is 10.2. The van der Waals surface area contributed by atoms with Gasteiger partial charge in [-0.25, -0.2) is 0 Å². The maximum Gasteiger partial charge on any atom is 0.417 e. The van der Waals surface area contributed by atoms with E-state index in [9.17, 15) is 18.3 Å². The number of hydrogen-bond donors (Lipinski definition) is 1. The SMILES string of the molecule is C[C@@H](O[C@@H]1C[C@H](OCc2ccccc2)O[C@H](C(F)(F)F)[C@H]1O)c1ccccc1. The van der Waals surface area contributed by atoms with Crippen LogP contribution in [-0.2, 0) is 20.8 Å². The zero-order chi connectivity index (χ0) is 20.1. The molecule has 2 aromatic carbocycles. The fraction of sp³-hybridized carbons (Fsp3) is 0.429. The lowest BCUT2D eigenvalue weighted by atomic mass is 10.00. The average Bonchev–Trinajstić information content (AvgIpc) is 2.69. The molecule has 1 aliphatic rings. The molecule has 28 heavy (non-hydrogen) atoms. The van der Waals surface area contributed by atoms with Gasteiger partial charge in [-0.2, -0.15) is 13.2 Å². The van der Waals surface area contributed by atoms with Crippen molar-refractivity contribution in [3.8, 4) is 0 Å². The van der Waals surface area contributed by atoms with Crippen molar-refractivity contribution in [1.82, 2.24) is 0 Å². The Kier molecular flexibility index (Phi) is 6.72. The number of halogens is 3. The lowest BCUT2D eigenvalue weighted by Crippen LogP contribution is -2.56. The van der Waals surface area contributed by atoms with Crippen LogP contribution in [0.25, 0.3) is 0 Å². The van der Waals surface area contributed by atoms with E-state index in [1.54, 1.807) is 6.92 Å². The van der Waals surface area contributed by atoms with Gasteiger partial charge in [-0.05, 0) is 18.1 Å². The van der Waals surface area contributed by atoms with Crippen molar-refractivity contribution in [2.75, 3.05) is 0 Å². The van der Waals surface area contributed by atoms with Crippen molar-refractivity contribution in [2.24, 2.45) is 0 Å². The lowest BCUT2D eigenvalue weighted by Gasteiger charge is -2.40. The molecule has 1 aliphatic heterocycles. The number of aliphatic hydroxyl groups is 1. The van der Waals surface area contributed by atoms with Gasteiger partial charge in [0.25, 0.3) is 0 Å². The van der Waals surface area contributed by atoms with E-state index in [2.05, 4.69) is 0 Å². The second kappa shape index (κ2) is 9.05. The van der Waals surface area contributed by atoms with E-state index in [4.69, 9.17) is 14.2 Å². The van der Waals surface area contributed by atoms with E-state index < -0.39 is 36.9 Å². The van der Waals surface area contributed by atoms with Crippen LogP contribution >= 0.6 is 0 Å². The fourth-order valence-corrected chi connectivity index (χ4v) is 3.17. The molecule has 0 unspecified atom stereocenters. The van der Waals surface area contributed by atoms with Crippen molar-refractivity contribution < 1.29 is 32.5 Å². The standard InChI is InChI=1S/C21H23F3O4/c1-14(16-10-6-3-7-11-16)27-17-12-18(26-13-15-8-4-2-5-9-15)28-20(19(17)25)21(22,23)24/h2-11,14,17-20,25H,12-13H2,1H3/t14-,17-,18-,19+,20+/m1/s1. The number of ether oxygens (including phenoxy) is 3. The van der Waals surface area contributed by atoms with Gasteiger partial charge >= 0.3 is 6.18 Å². The van der Waals surface area contributed by atoms with Crippen LogP contribution in [0.5, 0.6) is 0 Å². The summed E-state index contributed by atoms with van der Waals surface area (Å²) >= 11 is 0. The minimum absolute atomic E-state index is 0.00223. The number of alkyl halides is 3. The molecule has 0 saturated carbocycles. The van der Waals surface area contributed by atoms with Crippen LogP contribution in [0.4, 0.5) is 13.2 Å². The van der Waals surface area contributed by atoms with Gasteiger partial charge in [-0.1, -0.05) is 60.7 Å². The first-order valence-electron chi connectivity index (χ1n) is 9.11. The Morgan fingerprint density at radius 2 is 1.68 bits per heavy atom. The van der Waals surface area contributed by atoms with Crippen LogP contribution in [0.2, 0.25) is 0 Å². The second-order valence-corrected chi connectivity index (χ2v) is 6.78. The van der Waals surface area contributed by atoms with Gasteiger partial charge < -0.3 is 19.3 Å². The van der Waals surface area contributed by atoms with Crippen molar-refractivity contribution in [2.45, 2.75) is 56.8 Å². The molecule has 2 aromatic rings. The summed E-state index contributed by atoms with van der Waals surface area (Å²) in [6.07, 6.45) is -11.6. The minimum Gasteiger partial charge on any atom is -0.387 e. The van der Waals surface area contributed by atoms with Gasteiger partial charge in [0.05, 0.1) is 18.8 Å². The highest BCUT2D eigenvalue weighted by molar-refractivity contribution is 5.17. The average molecular weight is 396 g/mol. The largest absolute Gasteiger partial charge is 0.417 e. The predicted molar refractivity (Wildman–Crippen MR) is 96.3 cm³/mol. The molecule has 0 spiro atoms. The molecule has 0 aromatic heterocycles. The molecule has 1 saturated heterocycles. The molecular weight excluding hydrogens is 373 g/mol. The normalized spacial score (nSPS) is 26.8. The molecule has 0 aliphatic carbocycles. The molecule has 1 fully saturated rings. The van der Waals surface area contributed by atoms with Gasteiger partial charge in [0.1, 0.15) is 6.10 Å². The summed E-state index contributed by atoms with van der Waals surface area (Å²) in [6.45, 7) is 1.84. The lowest BCUT2D eigenvalue weighted by molar-refractivity contribution is -0.335. The number of aliphatic hydroxyl groups excluding tert-OH is 1. The van der Waals surface area contributed by atoms with Crippen molar-refractivity contribution in [1.29, 1.82) is 0 Å². The minimum atomic E-state index is -4.73. The van der Waals surface area contributed by atoms with Crippen molar-refractivity contribution in [3.63, 3.8) is 0 Å². The molecule has 5 atom stereocenters. The van der Waals surface area contributed by atoms with Crippen molar-refractivity contribution >= 4 is 0 Å². The monoisotopic (exact) mass is 396 g/mol. The first-order valence-corrected chi connectivity index (χ1v) is 9.11. The highest BCUT2D eigenvalue weighted by Gasteiger charge is 2.53. The Balaban J connectivity index is 1.70. The van der Waals surface area contributed by atoms with Gasteiger partial charge in [0, 0.05) is 6.42 Å². The van der Waals surface area contributed by atoms with Gasteiger partial charge in [0.2, 0.25) is 0 Å². The van der Waals surface area contributed by atoms with Crippen LogP contribution < -0.4 is 0 Å². The number of hydrogen-bond acceptors (Lipinski definition) is 4. The molecule has 0 amide bonds. The van der Waals surface area contributed by atoms with Crippen LogP contribution in [0.15, 0.2) is 60.7 Å². The van der Waals surface area contributed by atoms with E-state index in [1.165, 1.54) is 0 Å². The molecule has 3 rings (SSSR count). The predicted octanol–water partition coefficient (Wildman–Crippen LogP) is 4.39. The van der Waals surface area contributed by atoms with E-state index in [0.717, 1.165) is 11.1 Å². The maximum atomic E-state index is 13.4. The maximum absolute atomic E-state index is 13.4. The molecule has 7 heteroatoms. The Bertz CT molecular complexity index is 723. The van der Waals surface area contributed by atoms with Crippen LogP contribution in [0, 0.1) is 0 Å². The highest BCUT2D eigenvalue weighted by Crippen LogP contribution is 2.36. The summed E-state index contributed by atoms with van der Waals surface area (Å²) < 4.78 is 56.5. The quantitative estimate of drug-likeness (QED) is 0.787. The molecule has 1 N–H and O–H groups in total. The third-order valence-corrected chi connectivity index (χ3v) is 4.66. The van der Waals surface area contributed by atoms with Gasteiger partial charge in [0.15, 0.2) is 12.4 Å². The molecule has 4 nitrogen and oxygen atoms in total. The third-order valence-electron chi connectivity index (χ3n) is 4.66. The van der Waals surface area contributed by atoms with Crippen LogP contribution in [-0.4, -0.2) is 35.9 Å². The van der Waals surface area contributed by atoms with E-state index in [0.29, 0.717) is 0 Å². The third kappa shape index (κ3) is 5.32. The summed E-state index contributed by atoms with van der Waals surface area (Å²) in [5.41, 5.74) is 1.63. The fourth-order valence-electron chi connectivity index (χ4n) is 3.17. The van der Waals surface area contributed by atoms with Crippen LogP contribution in [0.3, 0.4) is 0 Å². The molecule has 152 valence electrons. The Morgan fingerprint density at radius 3 is 2.29 bits per heavy atom. The second-order valence-electron chi connectivity index (χ2n) is 6.78. The number of rotatable bonds is 6. The molecule has 0 radical (unpaired) electrons. The Morgan fingerprint density at radius 1 is 1.07 bits per heavy atom. The van der Waals surface area contributed by atoms with Crippen LogP contribution in [0.1, 0.15) is 30.6 Å². The summed E-state index contributed by atoms with van der Waals surface area (Å²) in [7, 11) is 0. The topological polar surface area (TPSA) is 47.9 Å².